The minimum atomic E-state index is -4.65. The molecule has 37 heavy (non-hydrogen) atoms. The lowest BCUT2D eigenvalue weighted by Crippen LogP contribution is -2.28. The van der Waals surface area contributed by atoms with Gasteiger partial charge in [0, 0.05) is 22.3 Å². The number of aliphatic hydroxyl groups is 2. The fraction of sp³-hybridized carbons (Fsp3) is 0.600. The van der Waals surface area contributed by atoms with Gasteiger partial charge in [-0.25, -0.2) is 4.57 Å². The van der Waals surface area contributed by atoms with Crippen LogP contribution in [0.5, 0.6) is 11.5 Å². The lowest BCUT2D eigenvalue weighted by Gasteiger charge is -2.37. The number of aliphatic hydroxyl groups excluding tert-OH is 1. The third-order valence-electron chi connectivity index (χ3n) is 6.96. The summed E-state index contributed by atoms with van der Waals surface area (Å²) in [6, 6.07) is 7.72. The highest BCUT2D eigenvalue weighted by Crippen LogP contribution is 2.57. The van der Waals surface area contributed by atoms with E-state index in [9.17, 15) is 19.7 Å². The summed E-state index contributed by atoms with van der Waals surface area (Å²) in [7, 11) is -4.65. The second-order valence-electron chi connectivity index (χ2n) is 14.4. The van der Waals surface area contributed by atoms with Gasteiger partial charge >= 0.3 is 7.82 Å². The second kappa shape index (κ2) is 9.12. The number of phosphoric acid groups is 1. The Hall–Kier alpha value is -1.85. The van der Waals surface area contributed by atoms with E-state index >= 15 is 0 Å². The van der Waals surface area contributed by atoms with Crippen LogP contribution in [-0.2, 0) is 26.2 Å². The van der Waals surface area contributed by atoms with Crippen molar-refractivity contribution in [1.82, 2.24) is 0 Å². The van der Waals surface area contributed by atoms with Gasteiger partial charge < -0.3 is 19.3 Å². The zero-order valence-electron chi connectivity index (χ0n) is 24.5. The number of benzene rings is 2. The van der Waals surface area contributed by atoms with Crippen LogP contribution >= 0.6 is 7.82 Å². The molecule has 3 rings (SSSR count). The molecule has 1 aliphatic rings. The van der Waals surface area contributed by atoms with Crippen LogP contribution in [0.2, 0.25) is 0 Å². The molecule has 0 unspecified atom stereocenters. The van der Waals surface area contributed by atoms with Crippen LogP contribution < -0.4 is 9.05 Å². The summed E-state index contributed by atoms with van der Waals surface area (Å²) in [5.74, 6) is -0.654. The standard InChI is InChI=1S/C30H45O6P/c1-27(2,3)17-13-19-23(26(31)32)20-14-18(28(4,5)6)16-22(30(10,11)12)25(20)36-37(33,34)35-24(19)21(15-17)29(7,8)9/h13-16,23,26,31-32H,1-12H3,(H,33,34). The van der Waals surface area contributed by atoms with Crippen molar-refractivity contribution in [3.63, 3.8) is 0 Å². The van der Waals surface area contributed by atoms with Gasteiger partial charge in [0.05, 0.1) is 5.92 Å². The summed E-state index contributed by atoms with van der Waals surface area (Å²) in [6.07, 6.45) is -1.81. The van der Waals surface area contributed by atoms with Gasteiger partial charge in [-0.15, -0.1) is 0 Å². The molecular weight excluding hydrogens is 487 g/mol. The normalized spacial score (nSPS) is 20.9. The summed E-state index contributed by atoms with van der Waals surface area (Å²) < 4.78 is 25.2. The molecule has 0 saturated heterocycles. The second-order valence-corrected chi connectivity index (χ2v) is 15.7. The van der Waals surface area contributed by atoms with E-state index in [0.29, 0.717) is 22.3 Å². The van der Waals surface area contributed by atoms with Crippen LogP contribution in [0.4, 0.5) is 0 Å². The van der Waals surface area contributed by atoms with Crippen molar-refractivity contribution in [3.05, 3.63) is 57.6 Å². The molecule has 0 aromatic heterocycles. The molecule has 6 nitrogen and oxygen atoms in total. The molecule has 1 aliphatic heterocycles. The molecule has 0 aliphatic carbocycles. The predicted molar refractivity (Wildman–Crippen MR) is 149 cm³/mol. The molecule has 0 atom stereocenters. The smallest absolute Gasteiger partial charge is 0.395 e. The van der Waals surface area contributed by atoms with E-state index in [2.05, 4.69) is 41.5 Å². The molecule has 0 spiro atoms. The highest BCUT2D eigenvalue weighted by atomic mass is 31.2. The lowest BCUT2D eigenvalue weighted by molar-refractivity contribution is -0.0521. The van der Waals surface area contributed by atoms with E-state index < -0.39 is 30.9 Å². The fourth-order valence-electron chi connectivity index (χ4n) is 4.69. The van der Waals surface area contributed by atoms with Gasteiger partial charge in [0.25, 0.3) is 0 Å². The largest absolute Gasteiger partial charge is 0.584 e. The Morgan fingerprint density at radius 1 is 0.649 bits per heavy atom. The topological polar surface area (TPSA) is 96.2 Å². The quantitative estimate of drug-likeness (QED) is 0.266. The molecule has 0 bridgehead atoms. The van der Waals surface area contributed by atoms with Crippen molar-refractivity contribution in [2.24, 2.45) is 0 Å². The van der Waals surface area contributed by atoms with Crippen molar-refractivity contribution in [3.8, 4) is 11.5 Å². The average Bonchev–Trinajstić information content (AvgIpc) is 2.64. The van der Waals surface area contributed by atoms with Crippen LogP contribution in [0.1, 0.15) is 122 Å². The van der Waals surface area contributed by atoms with Crippen LogP contribution in [-0.4, -0.2) is 21.4 Å². The van der Waals surface area contributed by atoms with E-state index in [1.807, 2.05) is 65.8 Å². The molecule has 2 aromatic rings. The van der Waals surface area contributed by atoms with Gasteiger partial charge in [0.15, 0.2) is 6.29 Å². The fourth-order valence-corrected chi connectivity index (χ4v) is 5.59. The summed E-state index contributed by atoms with van der Waals surface area (Å²) in [4.78, 5) is 11.0. The molecule has 1 heterocycles. The van der Waals surface area contributed by atoms with Crippen molar-refractivity contribution >= 4 is 7.82 Å². The Morgan fingerprint density at radius 2 is 0.973 bits per heavy atom. The van der Waals surface area contributed by atoms with Crippen LogP contribution in [0.25, 0.3) is 0 Å². The molecule has 0 fully saturated rings. The van der Waals surface area contributed by atoms with Gasteiger partial charge in [-0.2, -0.15) is 0 Å². The number of hydrogen-bond donors (Lipinski definition) is 3. The van der Waals surface area contributed by atoms with E-state index in [-0.39, 0.29) is 22.3 Å². The number of hydrogen-bond acceptors (Lipinski definition) is 5. The van der Waals surface area contributed by atoms with Gasteiger partial charge in [0.1, 0.15) is 11.5 Å². The van der Waals surface area contributed by atoms with E-state index in [0.717, 1.165) is 11.1 Å². The number of rotatable bonds is 1. The summed E-state index contributed by atoms with van der Waals surface area (Å²) in [5.41, 5.74) is 2.75. The number of fused-ring (bicyclic) bond motifs is 2. The molecule has 7 heteroatoms. The Morgan fingerprint density at radius 3 is 1.22 bits per heavy atom. The van der Waals surface area contributed by atoms with Crippen molar-refractivity contribution in [2.45, 2.75) is 117 Å². The molecule has 0 saturated carbocycles. The van der Waals surface area contributed by atoms with Gasteiger partial charge in [-0.3, -0.25) is 4.89 Å². The van der Waals surface area contributed by atoms with Gasteiger partial charge in [0.2, 0.25) is 0 Å². The maximum Gasteiger partial charge on any atom is 0.584 e. The predicted octanol–water partition coefficient (Wildman–Crippen LogP) is 7.19. The molecule has 3 N–H and O–H groups in total. The number of phosphoric ester groups is 1. The summed E-state index contributed by atoms with van der Waals surface area (Å²) in [5, 5.41) is 21.8. The molecule has 2 aromatic carbocycles. The zero-order chi connectivity index (χ0) is 28.5. The van der Waals surface area contributed by atoms with Crippen molar-refractivity contribution < 1.29 is 28.7 Å². The Labute approximate surface area is 222 Å². The summed E-state index contributed by atoms with van der Waals surface area (Å²) in [6.45, 7) is 24.5. The average molecular weight is 533 g/mol. The van der Waals surface area contributed by atoms with Crippen LogP contribution in [0.3, 0.4) is 0 Å². The molecule has 0 amide bonds. The van der Waals surface area contributed by atoms with Crippen LogP contribution in [0.15, 0.2) is 24.3 Å². The van der Waals surface area contributed by atoms with Gasteiger partial charge in [-0.1, -0.05) is 107 Å². The van der Waals surface area contributed by atoms with E-state index in [1.54, 1.807) is 0 Å². The molecule has 206 valence electrons. The minimum Gasteiger partial charge on any atom is -0.395 e. The maximum atomic E-state index is 13.5. The Kier molecular flexibility index (Phi) is 7.32. The monoisotopic (exact) mass is 532 g/mol. The first-order valence-electron chi connectivity index (χ1n) is 12.9. The maximum absolute atomic E-state index is 13.5. The first-order chi connectivity index (χ1) is 16.4. The first-order valence-corrected chi connectivity index (χ1v) is 14.4. The molecular formula is C30H45O6P. The van der Waals surface area contributed by atoms with Crippen molar-refractivity contribution in [1.29, 1.82) is 0 Å². The van der Waals surface area contributed by atoms with Crippen molar-refractivity contribution in [2.75, 3.05) is 0 Å². The Bertz CT molecular complexity index is 1140. The van der Waals surface area contributed by atoms with E-state index in [1.165, 1.54) is 0 Å². The first kappa shape index (κ1) is 29.7. The SMILES string of the molecule is CC(C)(C)c1cc2c(c(C(C)(C)C)c1)OP(=O)(O)Oc1c(cc(C(C)(C)C)cc1C(C)(C)C)C2C(O)O. The third-order valence-corrected chi connectivity index (χ3v) is 7.79. The lowest BCUT2D eigenvalue weighted by atomic mass is 9.74. The van der Waals surface area contributed by atoms with E-state index in [4.69, 9.17) is 9.05 Å². The highest BCUT2D eigenvalue weighted by molar-refractivity contribution is 7.48. The Balaban J connectivity index is 2.60. The van der Waals surface area contributed by atoms with Crippen LogP contribution in [0, 0.1) is 0 Å². The zero-order valence-corrected chi connectivity index (χ0v) is 25.4. The third kappa shape index (κ3) is 6.09. The molecule has 0 radical (unpaired) electrons. The highest BCUT2D eigenvalue weighted by Gasteiger charge is 2.42. The minimum absolute atomic E-state index is 0.161. The van der Waals surface area contributed by atoms with Gasteiger partial charge in [-0.05, 0) is 32.8 Å². The summed E-state index contributed by atoms with van der Waals surface area (Å²) >= 11 is 0.